The number of carboxylic acids is 1. The molecule has 1 amide bonds. The first-order valence-electron chi connectivity index (χ1n) is 8.66. The lowest BCUT2D eigenvalue weighted by Gasteiger charge is -2.27. The van der Waals surface area contributed by atoms with Crippen molar-refractivity contribution in [2.75, 3.05) is 19.8 Å². The van der Waals surface area contributed by atoms with Crippen LogP contribution in [0.25, 0.3) is 11.3 Å². The molecule has 0 saturated carbocycles. The highest BCUT2D eigenvalue weighted by molar-refractivity contribution is 5.77. The second kappa shape index (κ2) is 8.57. The fourth-order valence-electron chi connectivity index (χ4n) is 3.12. The van der Waals surface area contributed by atoms with Gasteiger partial charge in [-0.3, -0.25) is 9.59 Å². The van der Waals surface area contributed by atoms with E-state index in [0.717, 1.165) is 5.56 Å². The number of nitrogens with one attached hydrogen (secondary N) is 1. The number of benzene rings is 1. The fourth-order valence-corrected chi connectivity index (χ4v) is 3.12. The van der Waals surface area contributed by atoms with E-state index in [-0.39, 0.29) is 24.9 Å². The Bertz CT molecular complexity index is 741. The van der Waals surface area contributed by atoms with Gasteiger partial charge in [-0.2, -0.15) is 0 Å². The predicted octanol–water partition coefficient (Wildman–Crippen LogP) is 1.19. The average Bonchev–Trinajstić information content (AvgIpc) is 3.11. The van der Waals surface area contributed by atoms with Crippen LogP contribution < -0.4 is 5.32 Å². The number of aliphatic carboxylic acids is 1. The Morgan fingerprint density at radius 1 is 1.27 bits per heavy atom. The summed E-state index contributed by atoms with van der Waals surface area (Å²) in [5, 5.41) is 20.2. The van der Waals surface area contributed by atoms with E-state index in [2.05, 4.69) is 15.6 Å². The van der Waals surface area contributed by atoms with Gasteiger partial charge in [0.1, 0.15) is 12.2 Å². The lowest BCUT2D eigenvalue weighted by Crippen LogP contribution is -2.40. The smallest absolute Gasteiger partial charge is 0.308 e. The zero-order valence-electron chi connectivity index (χ0n) is 14.4. The number of hydrogen-bond donors (Lipinski definition) is 2. The van der Waals surface area contributed by atoms with Crippen molar-refractivity contribution < 1.29 is 19.4 Å². The quantitative estimate of drug-likeness (QED) is 0.770. The summed E-state index contributed by atoms with van der Waals surface area (Å²) in [6, 6.07) is 9.56. The molecule has 1 unspecified atom stereocenters. The van der Waals surface area contributed by atoms with E-state index in [4.69, 9.17) is 4.74 Å². The van der Waals surface area contributed by atoms with E-state index in [1.165, 1.54) is 4.68 Å². The molecule has 0 radical (unpaired) electrons. The Hall–Kier alpha value is -2.74. The molecule has 2 aromatic rings. The van der Waals surface area contributed by atoms with Crippen LogP contribution >= 0.6 is 0 Å². The average molecular weight is 358 g/mol. The lowest BCUT2D eigenvalue weighted by atomic mass is 9.86. The highest BCUT2D eigenvalue weighted by Crippen LogP contribution is 2.23. The number of aromatic nitrogens is 3. The van der Waals surface area contributed by atoms with Crippen LogP contribution in [0.3, 0.4) is 0 Å². The second-order valence-electron chi connectivity index (χ2n) is 6.37. The molecule has 1 saturated heterocycles. The van der Waals surface area contributed by atoms with Crippen molar-refractivity contribution in [3.63, 3.8) is 0 Å². The van der Waals surface area contributed by atoms with Gasteiger partial charge in [-0.05, 0) is 18.8 Å². The maximum atomic E-state index is 12.2. The molecule has 8 nitrogen and oxygen atoms in total. The van der Waals surface area contributed by atoms with E-state index in [1.807, 2.05) is 30.3 Å². The number of hydrogen-bond acceptors (Lipinski definition) is 5. The minimum Gasteiger partial charge on any atom is -0.481 e. The topological polar surface area (TPSA) is 106 Å². The predicted molar refractivity (Wildman–Crippen MR) is 93.1 cm³/mol. The Labute approximate surface area is 151 Å². The Kier molecular flexibility index (Phi) is 5.96. The standard InChI is InChI=1S/C18H22N4O4/c23-17(19-10-15(18(24)25)13-6-8-26-9-7-13)12-22-11-16(20-21-22)14-4-2-1-3-5-14/h1-5,11,13,15H,6-10,12H2,(H,19,23)(H,24,25). The molecule has 0 bridgehead atoms. The van der Waals surface area contributed by atoms with Gasteiger partial charge in [0, 0.05) is 25.3 Å². The molecular formula is C18H22N4O4. The van der Waals surface area contributed by atoms with E-state index in [1.54, 1.807) is 6.20 Å². The fraction of sp³-hybridized carbons (Fsp3) is 0.444. The van der Waals surface area contributed by atoms with Crippen LogP contribution in [0.1, 0.15) is 12.8 Å². The Morgan fingerprint density at radius 2 is 2.00 bits per heavy atom. The summed E-state index contributed by atoms with van der Waals surface area (Å²) in [5.74, 6) is -1.74. The molecule has 0 aliphatic carbocycles. The second-order valence-corrected chi connectivity index (χ2v) is 6.37. The molecule has 2 N–H and O–H groups in total. The van der Waals surface area contributed by atoms with Crippen LogP contribution in [0.15, 0.2) is 36.5 Å². The van der Waals surface area contributed by atoms with Crippen LogP contribution in [0.2, 0.25) is 0 Å². The molecule has 1 aromatic heterocycles. The summed E-state index contributed by atoms with van der Waals surface area (Å²) in [5.41, 5.74) is 1.61. The number of rotatable bonds is 7. The van der Waals surface area contributed by atoms with Crippen LogP contribution in [-0.4, -0.2) is 51.7 Å². The van der Waals surface area contributed by atoms with Crippen molar-refractivity contribution in [2.45, 2.75) is 19.4 Å². The van der Waals surface area contributed by atoms with Crippen molar-refractivity contribution in [3.8, 4) is 11.3 Å². The molecule has 1 aromatic carbocycles. The summed E-state index contributed by atoms with van der Waals surface area (Å²) in [6.45, 7) is 1.26. The van der Waals surface area contributed by atoms with Gasteiger partial charge in [0.15, 0.2) is 0 Å². The molecule has 8 heteroatoms. The molecule has 1 aliphatic rings. The monoisotopic (exact) mass is 358 g/mol. The molecule has 0 spiro atoms. The minimum atomic E-state index is -0.885. The van der Waals surface area contributed by atoms with Crippen LogP contribution in [0.4, 0.5) is 0 Å². The van der Waals surface area contributed by atoms with E-state index in [0.29, 0.717) is 31.7 Å². The molecule has 26 heavy (non-hydrogen) atoms. The van der Waals surface area contributed by atoms with Gasteiger partial charge in [0.05, 0.1) is 12.1 Å². The van der Waals surface area contributed by atoms with Gasteiger partial charge in [0.2, 0.25) is 5.91 Å². The molecule has 138 valence electrons. The Morgan fingerprint density at radius 3 is 2.69 bits per heavy atom. The third-order valence-electron chi connectivity index (χ3n) is 4.59. The molecular weight excluding hydrogens is 336 g/mol. The molecule has 1 aliphatic heterocycles. The summed E-state index contributed by atoms with van der Waals surface area (Å²) >= 11 is 0. The molecule has 2 heterocycles. The summed E-state index contributed by atoms with van der Waals surface area (Å²) in [4.78, 5) is 23.7. The minimum absolute atomic E-state index is 0.0000492. The van der Waals surface area contributed by atoms with Gasteiger partial charge in [-0.25, -0.2) is 4.68 Å². The van der Waals surface area contributed by atoms with Crippen LogP contribution in [0.5, 0.6) is 0 Å². The van der Waals surface area contributed by atoms with Crippen LogP contribution in [0, 0.1) is 11.8 Å². The lowest BCUT2D eigenvalue weighted by molar-refractivity contribution is -0.145. The number of carboxylic acid groups (broad SMARTS) is 1. The largest absolute Gasteiger partial charge is 0.481 e. The normalized spacial score (nSPS) is 16.2. The first-order valence-corrected chi connectivity index (χ1v) is 8.66. The number of carbonyl (C=O) groups excluding carboxylic acids is 1. The summed E-state index contributed by atoms with van der Waals surface area (Å²) in [6.07, 6.45) is 3.11. The van der Waals surface area contributed by atoms with Crippen molar-refractivity contribution in [3.05, 3.63) is 36.5 Å². The van der Waals surface area contributed by atoms with Crippen molar-refractivity contribution in [1.29, 1.82) is 0 Å². The number of amides is 1. The Balaban J connectivity index is 1.53. The van der Waals surface area contributed by atoms with Gasteiger partial charge in [-0.15, -0.1) is 5.10 Å². The van der Waals surface area contributed by atoms with Gasteiger partial charge >= 0.3 is 5.97 Å². The van der Waals surface area contributed by atoms with Gasteiger partial charge in [-0.1, -0.05) is 35.5 Å². The van der Waals surface area contributed by atoms with Gasteiger partial charge < -0.3 is 15.2 Å². The van der Waals surface area contributed by atoms with Crippen molar-refractivity contribution >= 4 is 11.9 Å². The van der Waals surface area contributed by atoms with E-state index >= 15 is 0 Å². The maximum absolute atomic E-state index is 12.2. The third kappa shape index (κ3) is 4.66. The van der Waals surface area contributed by atoms with Crippen molar-refractivity contribution in [1.82, 2.24) is 20.3 Å². The number of carbonyl (C=O) groups is 2. The highest BCUT2D eigenvalue weighted by Gasteiger charge is 2.30. The number of ether oxygens (including phenoxy) is 1. The molecule has 3 rings (SSSR count). The van der Waals surface area contributed by atoms with E-state index < -0.39 is 11.9 Å². The highest BCUT2D eigenvalue weighted by atomic mass is 16.5. The van der Waals surface area contributed by atoms with Crippen LogP contribution in [-0.2, 0) is 20.9 Å². The summed E-state index contributed by atoms with van der Waals surface area (Å²) in [7, 11) is 0. The number of nitrogens with zero attached hydrogens (tertiary/aromatic N) is 3. The summed E-state index contributed by atoms with van der Waals surface area (Å²) < 4.78 is 6.72. The zero-order chi connectivity index (χ0) is 18.4. The zero-order valence-corrected chi connectivity index (χ0v) is 14.4. The first-order chi connectivity index (χ1) is 12.6. The first kappa shape index (κ1) is 18.1. The maximum Gasteiger partial charge on any atom is 0.308 e. The van der Waals surface area contributed by atoms with Gasteiger partial charge in [0.25, 0.3) is 0 Å². The SMILES string of the molecule is O=C(Cn1cc(-c2ccccc2)nn1)NCC(C(=O)O)C1CCOCC1. The van der Waals surface area contributed by atoms with Crippen molar-refractivity contribution in [2.24, 2.45) is 11.8 Å². The van der Waals surface area contributed by atoms with E-state index in [9.17, 15) is 14.7 Å². The molecule has 1 fully saturated rings. The third-order valence-corrected chi connectivity index (χ3v) is 4.59. The molecule has 1 atom stereocenters.